The third-order valence-electron chi connectivity index (χ3n) is 6.96. The van der Waals surface area contributed by atoms with Crippen LogP contribution >= 0.6 is 11.3 Å². The van der Waals surface area contributed by atoms with E-state index in [4.69, 9.17) is 14.2 Å². The molecule has 1 fully saturated rings. The minimum absolute atomic E-state index is 0.0881. The Kier molecular flexibility index (Phi) is 9.12. The van der Waals surface area contributed by atoms with Crippen LogP contribution < -0.4 is 14.4 Å². The fourth-order valence-electron chi connectivity index (χ4n) is 4.76. The Morgan fingerprint density at radius 3 is 2.49 bits per heavy atom. The molecule has 2 aromatic carbocycles. The number of benzene rings is 2. The molecule has 4 rings (SSSR count). The molecule has 1 aliphatic rings. The fourth-order valence-corrected chi connectivity index (χ4v) is 5.77. The molecule has 0 radical (unpaired) electrons. The van der Waals surface area contributed by atoms with Crippen LogP contribution in [0.4, 0.5) is 5.13 Å². The molecule has 0 saturated carbocycles. The fraction of sp³-hybridized carbons (Fsp3) is 0.355. The molecule has 216 valence electrons. The standard InChI is InChI=1S/C31H34N2O7S/c1-7-8-9-14-40-22-13-12-20(16-23(22)38-5)25-24(26(34)21-15-17(2)10-11-18(21)3)27(35)29(36)33(25)31-32-19(4)28(41-31)30(37)39-6/h10-13,15-16,25,34H,7-9,14H2,1-6H3/b26-24+. The van der Waals surface area contributed by atoms with Crippen molar-refractivity contribution in [2.24, 2.45) is 0 Å². The van der Waals surface area contributed by atoms with Crippen LogP contribution in [-0.2, 0) is 14.3 Å². The van der Waals surface area contributed by atoms with Gasteiger partial charge in [0, 0.05) is 5.56 Å². The van der Waals surface area contributed by atoms with E-state index >= 15 is 0 Å². The Morgan fingerprint density at radius 2 is 1.80 bits per heavy atom. The summed E-state index contributed by atoms with van der Waals surface area (Å²) in [5, 5.41) is 11.7. The SMILES string of the molecule is CCCCCOc1ccc(C2/C(=C(\O)c3cc(C)ccc3C)C(=O)C(=O)N2c2nc(C)c(C(=O)OC)s2)cc1OC. The third-order valence-corrected chi connectivity index (χ3v) is 8.10. The van der Waals surface area contributed by atoms with E-state index in [2.05, 4.69) is 11.9 Å². The van der Waals surface area contributed by atoms with Crippen molar-refractivity contribution in [2.45, 2.75) is 53.0 Å². The number of anilines is 1. The van der Waals surface area contributed by atoms with E-state index in [9.17, 15) is 19.5 Å². The number of rotatable bonds is 10. The van der Waals surface area contributed by atoms with Gasteiger partial charge in [0.2, 0.25) is 0 Å². The Labute approximate surface area is 243 Å². The molecule has 41 heavy (non-hydrogen) atoms. The highest BCUT2D eigenvalue weighted by Crippen LogP contribution is 2.46. The zero-order chi connectivity index (χ0) is 29.8. The molecular formula is C31H34N2O7S. The Bertz CT molecular complexity index is 1520. The van der Waals surface area contributed by atoms with Gasteiger partial charge in [-0.05, 0) is 56.5 Å². The van der Waals surface area contributed by atoms with E-state index in [1.165, 1.54) is 19.1 Å². The molecular weight excluding hydrogens is 544 g/mol. The largest absolute Gasteiger partial charge is 0.507 e. The van der Waals surface area contributed by atoms with Gasteiger partial charge in [0.05, 0.1) is 38.1 Å². The van der Waals surface area contributed by atoms with Crippen molar-refractivity contribution < 1.29 is 33.7 Å². The Hall–Kier alpha value is -4.18. The Balaban J connectivity index is 1.91. The first-order valence-corrected chi connectivity index (χ1v) is 14.2. The lowest BCUT2D eigenvalue weighted by molar-refractivity contribution is -0.132. The zero-order valence-electron chi connectivity index (χ0n) is 24.1. The number of nitrogens with zero attached hydrogens (tertiary/aromatic N) is 2. The molecule has 1 aromatic heterocycles. The molecule has 1 aliphatic heterocycles. The van der Waals surface area contributed by atoms with Crippen LogP contribution in [0.15, 0.2) is 42.0 Å². The van der Waals surface area contributed by atoms with Gasteiger partial charge in [-0.1, -0.05) is 54.9 Å². The number of hydrogen-bond acceptors (Lipinski definition) is 9. The third kappa shape index (κ3) is 5.83. The molecule has 10 heteroatoms. The summed E-state index contributed by atoms with van der Waals surface area (Å²) in [5.74, 6) is -1.68. The number of unbranched alkanes of at least 4 members (excludes halogenated alkanes) is 2. The summed E-state index contributed by atoms with van der Waals surface area (Å²) in [7, 11) is 2.77. The summed E-state index contributed by atoms with van der Waals surface area (Å²) in [6, 6.07) is 9.62. The van der Waals surface area contributed by atoms with Gasteiger partial charge in [-0.25, -0.2) is 9.78 Å². The number of thiazole rings is 1. The van der Waals surface area contributed by atoms with Crippen molar-refractivity contribution in [1.29, 1.82) is 0 Å². The summed E-state index contributed by atoms with van der Waals surface area (Å²) in [6.45, 7) is 7.95. The predicted octanol–water partition coefficient (Wildman–Crippen LogP) is 6.06. The average molecular weight is 579 g/mol. The number of amides is 1. The Morgan fingerprint density at radius 1 is 1.05 bits per heavy atom. The van der Waals surface area contributed by atoms with Gasteiger partial charge >= 0.3 is 11.9 Å². The van der Waals surface area contributed by atoms with E-state index in [1.54, 1.807) is 31.2 Å². The van der Waals surface area contributed by atoms with Crippen molar-refractivity contribution in [3.05, 3.63) is 74.8 Å². The number of carbonyl (C=O) groups is 3. The highest BCUT2D eigenvalue weighted by Gasteiger charge is 2.48. The molecule has 1 saturated heterocycles. The summed E-state index contributed by atoms with van der Waals surface area (Å²) < 4.78 is 16.4. The van der Waals surface area contributed by atoms with E-state index in [0.29, 0.717) is 34.9 Å². The van der Waals surface area contributed by atoms with Crippen LogP contribution in [0.5, 0.6) is 11.5 Å². The van der Waals surface area contributed by atoms with Crippen LogP contribution in [0.2, 0.25) is 0 Å². The van der Waals surface area contributed by atoms with Crippen LogP contribution in [0.3, 0.4) is 0 Å². The molecule has 1 N–H and O–H groups in total. The van der Waals surface area contributed by atoms with E-state index < -0.39 is 23.7 Å². The number of aryl methyl sites for hydroxylation is 3. The summed E-state index contributed by atoms with van der Waals surface area (Å²) in [6.07, 6.45) is 2.99. The number of methoxy groups -OCH3 is 2. The normalized spacial score (nSPS) is 16.2. The number of aliphatic hydroxyl groups is 1. The van der Waals surface area contributed by atoms with E-state index in [1.807, 2.05) is 26.0 Å². The molecule has 0 spiro atoms. The molecule has 1 atom stereocenters. The predicted molar refractivity (Wildman–Crippen MR) is 157 cm³/mol. The lowest BCUT2D eigenvalue weighted by Gasteiger charge is -2.24. The number of ether oxygens (including phenoxy) is 3. The first-order valence-electron chi connectivity index (χ1n) is 13.4. The van der Waals surface area contributed by atoms with Gasteiger partial charge in [0.1, 0.15) is 10.6 Å². The van der Waals surface area contributed by atoms with Crippen molar-refractivity contribution in [3.8, 4) is 11.5 Å². The maximum atomic E-state index is 13.6. The number of carbonyl (C=O) groups excluding carboxylic acids is 3. The highest BCUT2D eigenvalue weighted by molar-refractivity contribution is 7.17. The second-order valence-corrected chi connectivity index (χ2v) is 10.8. The van der Waals surface area contributed by atoms with Crippen molar-refractivity contribution in [2.75, 3.05) is 25.7 Å². The number of esters is 1. The quantitative estimate of drug-likeness (QED) is 0.102. The van der Waals surface area contributed by atoms with Crippen molar-refractivity contribution >= 4 is 39.9 Å². The van der Waals surface area contributed by atoms with Crippen LogP contribution in [-0.4, -0.2) is 48.6 Å². The summed E-state index contributed by atoms with van der Waals surface area (Å²) in [4.78, 5) is 45.4. The van der Waals surface area contributed by atoms with Crippen molar-refractivity contribution in [1.82, 2.24) is 4.98 Å². The topological polar surface area (TPSA) is 115 Å². The minimum Gasteiger partial charge on any atom is -0.507 e. The average Bonchev–Trinajstić information content (AvgIpc) is 3.47. The van der Waals surface area contributed by atoms with Gasteiger partial charge in [0.25, 0.3) is 5.78 Å². The van der Waals surface area contributed by atoms with E-state index in [-0.39, 0.29) is 21.3 Å². The van der Waals surface area contributed by atoms with Crippen LogP contribution in [0.1, 0.15) is 69.8 Å². The first kappa shape index (κ1) is 29.8. The smallest absolute Gasteiger partial charge is 0.350 e. The number of aromatic nitrogens is 1. The van der Waals surface area contributed by atoms with Crippen LogP contribution in [0.25, 0.3) is 5.76 Å². The lowest BCUT2D eigenvalue weighted by Crippen LogP contribution is -2.29. The molecule has 0 bridgehead atoms. The van der Waals surface area contributed by atoms with Gasteiger partial charge in [-0.3, -0.25) is 14.5 Å². The maximum absolute atomic E-state index is 13.6. The molecule has 2 heterocycles. The maximum Gasteiger partial charge on any atom is 0.350 e. The van der Waals surface area contributed by atoms with Gasteiger partial charge in [-0.15, -0.1) is 0 Å². The molecule has 3 aromatic rings. The monoisotopic (exact) mass is 578 g/mol. The van der Waals surface area contributed by atoms with Gasteiger partial charge in [0.15, 0.2) is 16.6 Å². The second-order valence-electron chi connectivity index (χ2n) is 9.86. The number of aliphatic hydroxyl groups excluding tert-OH is 1. The van der Waals surface area contributed by atoms with Gasteiger partial charge < -0.3 is 19.3 Å². The zero-order valence-corrected chi connectivity index (χ0v) is 24.9. The first-order chi connectivity index (χ1) is 19.6. The van der Waals surface area contributed by atoms with Gasteiger partial charge in [-0.2, -0.15) is 0 Å². The summed E-state index contributed by atoms with van der Waals surface area (Å²) >= 11 is 0.945. The minimum atomic E-state index is -1.05. The summed E-state index contributed by atoms with van der Waals surface area (Å²) in [5.41, 5.74) is 2.84. The van der Waals surface area contributed by atoms with Crippen molar-refractivity contribution in [3.63, 3.8) is 0 Å². The highest BCUT2D eigenvalue weighted by atomic mass is 32.1. The van der Waals surface area contributed by atoms with E-state index in [0.717, 1.165) is 41.7 Å². The van der Waals surface area contributed by atoms with Crippen LogP contribution in [0, 0.1) is 20.8 Å². The molecule has 1 amide bonds. The molecule has 1 unspecified atom stereocenters. The molecule has 9 nitrogen and oxygen atoms in total. The number of ketones is 1. The second kappa shape index (κ2) is 12.6. The number of hydrogen-bond donors (Lipinski definition) is 1. The lowest BCUT2D eigenvalue weighted by atomic mass is 9.93. The molecule has 0 aliphatic carbocycles. The number of Topliss-reactive ketones (excluding diaryl/α,β-unsaturated/α-hetero) is 1.